The molecule has 25 heavy (non-hydrogen) atoms. The summed E-state index contributed by atoms with van der Waals surface area (Å²) < 4.78 is 10.3. The second-order valence-corrected chi connectivity index (χ2v) is 5.83. The molecule has 0 bridgehead atoms. The van der Waals surface area contributed by atoms with Crippen molar-refractivity contribution in [2.24, 2.45) is 5.92 Å². The van der Waals surface area contributed by atoms with Gasteiger partial charge in [-0.1, -0.05) is 12.1 Å². The Morgan fingerprint density at radius 1 is 1.00 bits per heavy atom. The Kier molecular flexibility index (Phi) is 4.61. The zero-order chi connectivity index (χ0) is 18.0. The van der Waals surface area contributed by atoms with Crippen LogP contribution in [0, 0.1) is 5.92 Å². The van der Waals surface area contributed by atoms with Gasteiger partial charge in [0.15, 0.2) is 0 Å². The first kappa shape index (κ1) is 16.8. The van der Waals surface area contributed by atoms with Gasteiger partial charge in [-0.25, -0.2) is 0 Å². The number of hydrogen-bond donors (Lipinski definition) is 1. The molecule has 1 saturated heterocycles. The van der Waals surface area contributed by atoms with Gasteiger partial charge >= 0.3 is 5.97 Å². The maximum Gasteiger partial charge on any atom is 0.309 e. The number of rotatable bonds is 5. The van der Waals surface area contributed by atoms with E-state index in [2.05, 4.69) is 0 Å². The second kappa shape index (κ2) is 6.84. The molecular weight excluding hydrogens is 322 g/mol. The van der Waals surface area contributed by atoms with Gasteiger partial charge in [0.05, 0.1) is 26.2 Å². The summed E-state index contributed by atoms with van der Waals surface area (Å²) >= 11 is 0. The van der Waals surface area contributed by atoms with Gasteiger partial charge in [-0.15, -0.1) is 0 Å². The van der Waals surface area contributed by atoms with Gasteiger partial charge in [-0.05, 0) is 42.0 Å². The van der Waals surface area contributed by atoms with Crippen LogP contribution in [0.1, 0.15) is 18.0 Å². The minimum atomic E-state index is -0.981. The number of methoxy groups -OCH3 is 2. The fourth-order valence-corrected chi connectivity index (χ4v) is 3.19. The molecule has 3 rings (SSSR count). The highest BCUT2D eigenvalue weighted by Crippen LogP contribution is 2.42. The minimum absolute atomic E-state index is 0.0297. The van der Waals surface area contributed by atoms with Gasteiger partial charge < -0.3 is 19.5 Å². The number of carbonyl (C=O) groups is 2. The predicted octanol–water partition coefficient (Wildman–Crippen LogP) is 2.88. The molecule has 0 aromatic heterocycles. The van der Waals surface area contributed by atoms with E-state index in [1.54, 1.807) is 67.7 Å². The Morgan fingerprint density at radius 3 is 2.00 bits per heavy atom. The van der Waals surface area contributed by atoms with Gasteiger partial charge in [0.1, 0.15) is 11.5 Å². The third-order valence-electron chi connectivity index (χ3n) is 4.45. The molecule has 130 valence electrons. The van der Waals surface area contributed by atoms with Gasteiger partial charge in [-0.3, -0.25) is 9.59 Å². The fraction of sp³-hybridized carbons (Fsp3) is 0.263. The van der Waals surface area contributed by atoms with E-state index >= 15 is 0 Å². The molecule has 0 saturated carbocycles. The van der Waals surface area contributed by atoms with Crippen LogP contribution >= 0.6 is 0 Å². The van der Waals surface area contributed by atoms with Crippen molar-refractivity contribution in [3.63, 3.8) is 0 Å². The van der Waals surface area contributed by atoms with Crippen LogP contribution in [-0.4, -0.2) is 31.2 Å². The SMILES string of the molecule is COc1ccc([C@H]2[C@@H](C(=O)O)CC(=O)N2c2ccc(OC)cc2)cc1. The van der Waals surface area contributed by atoms with Crippen molar-refractivity contribution in [1.29, 1.82) is 0 Å². The Morgan fingerprint density at radius 2 is 1.52 bits per heavy atom. The van der Waals surface area contributed by atoms with Crippen molar-refractivity contribution >= 4 is 17.6 Å². The van der Waals surface area contributed by atoms with Crippen LogP contribution in [0.15, 0.2) is 48.5 Å². The summed E-state index contributed by atoms with van der Waals surface area (Å²) in [5.74, 6) is -0.645. The average molecular weight is 341 g/mol. The average Bonchev–Trinajstić information content (AvgIpc) is 2.99. The number of hydrogen-bond acceptors (Lipinski definition) is 4. The van der Waals surface area contributed by atoms with Gasteiger partial charge in [-0.2, -0.15) is 0 Å². The summed E-state index contributed by atoms with van der Waals surface area (Å²) in [4.78, 5) is 25.8. The minimum Gasteiger partial charge on any atom is -0.497 e. The van der Waals surface area contributed by atoms with Crippen LogP contribution < -0.4 is 14.4 Å². The monoisotopic (exact) mass is 341 g/mol. The lowest BCUT2D eigenvalue weighted by Gasteiger charge is -2.27. The highest BCUT2D eigenvalue weighted by Gasteiger charge is 2.45. The van der Waals surface area contributed by atoms with E-state index in [0.717, 1.165) is 5.56 Å². The zero-order valence-electron chi connectivity index (χ0n) is 14.0. The molecule has 1 N–H and O–H groups in total. The number of aliphatic carboxylic acids is 1. The zero-order valence-corrected chi connectivity index (χ0v) is 14.0. The number of carbonyl (C=O) groups excluding carboxylic acids is 1. The summed E-state index contributed by atoms with van der Waals surface area (Å²) in [7, 11) is 3.13. The number of amides is 1. The third kappa shape index (κ3) is 3.15. The largest absolute Gasteiger partial charge is 0.497 e. The van der Waals surface area contributed by atoms with Crippen LogP contribution in [0.5, 0.6) is 11.5 Å². The molecular formula is C19H19NO5. The van der Waals surface area contributed by atoms with E-state index in [1.807, 2.05) is 0 Å². The maximum absolute atomic E-state index is 12.6. The fourth-order valence-electron chi connectivity index (χ4n) is 3.19. The summed E-state index contributed by atoms with van der Waals surface area (Å²) in [6.07, 6.45) is -0.0297. The number of carboxylic acid groups (broad SMARTS) is 1. The first-order chi connectivity index (χ1) is 12.0. The molecule has 0 radical (unpaired) electrons. The van der Waals surface area contributed by atoms with E-state index in [9.17, 15) is 14.7 Å². The smallest absolute Gasteiger partial charge is 0.309 e. The van der Waals surface area contributed by atoms with Crippen LogP contribution in [0.25, 0.3) is 0 Å². The molecule has 1 amide bonds. The number of nitrogens with zero attached hydrogens (tertiary/aromatic N) is 1. The summed E-state index contributed by atoms with van der Waals surface area (Å²) in [6, 6.07) is 13.6. The molecule has 2 aromatic carbocycles. The number of carboxylic acids is 1. The van der Waals surface area contributed by atoms with Crippen molar-refractivity contribution in [1.82, 2.24) is 0 Å². The van der Waals surface area contributed by atoms with Crippen LogP contribution in [0.3, 0.4) is 0 Å². The van der Waals surface area contributed by atoms with E-state index in [-0.39, 0.29) is 12.3 Å². The van der Waals surface area contributed by atoms with Crippen molar-refractivity contribution in [2.45, 2.75) is 12.5 Å². The summed E-state index contributed by atoms with van der Waals surface area (Å²) in [5.41, 5.74) is 1.41. The van der Waals surface area contributed by atoms with E-state index < -0.39 is 17.9 Å². The molecule has 1 fully saturated rings. The van der Waals surface area contributed by atoms with Gasteiger partial charge in [0, 0.05) is 12.1 Å². The first-order valence-electron chi connectivity index (χ1n) is 7.88. The van der Waals surface area contributed by atoms with Crippen molar-refractivity contribution < 1.29 is 24.2 Å². The normalized spacial score (nSPS) is 19.8. The molecule has 1 aliphatic rings. The Balaban J connectivity index is 2.03. The molecule has 6 nitrogen and oxygen atoms in total. The number of benzene rings is 2. The van der Waals surface area contributed by atoms with Gasteiger partial charge in [0.2, 0.25) is 5.91 Å². The molecule has 1 heterocycles. The van der Waals surface area contributed by atoms with Crippen LogP contribution in [0.2, 0.25) is 0 Å². The Bertz CT molecular complexity index is 769. The van der Waals surface area contributed by atoms with Crippen molar-refractivity contribution in [3.8, 4) is 11.5 Å². The van der Waals surface area contributed by atoms with Crippen molar-refractivity contribution in [2.75, 3.05) is 19.1 Å². The van der Waals surface area contributed by atoms with Crippen LogP contribution in [0.4, 0.5) is 5.69 Å². The lowest BCUT2D eigenvalue weighted by Crippen LogP contribution is -2.30. The lowest BCUT2D eigenvalue weighted by atomic mass is 9.93. The topological polar surface area (TPSA) is 76.1 Å². The molecule has 2 aromatic rings. The summed E-state index contributed by atoms with van der Waals surface area (Å²) in [5, 5.41) is 9.59. The predicted molar refractivity (Wildman–Crippen MR) is 92.0 cm³/mol. The van der Waals surface area contributed by atoms with Crippen LogP contribution in [-0.2, 0) is 9.59 Å². The molecule has 1 aliphatic heterocycles. The third-order valence-corrected chi connectivity index (χ3v) is 4.45. The maximum atomic E-state index is 12.6. The van der Waals surface area contributed by atoms with E-state index in [0.29, 0.717) is 17.2 Å². The lowest BCUT2D eigenvalue weighted by molar-refractivity contribution is -0.142. The highest BCUT2D eigenvalue weighted by molar-refractivity contribution is 6.00. The molecule has 0 unspecified atom stereocenters. The molecule has 6 heteroatoms. The first-order valence-corrected chi connectivity index (χ1v) is 7.88. The highest BCUT2D eigenvalue weighted by atomic mass is 16.5. The van der Waals surface area contributed by atoms with Gasteiger partial charge in [0.25, 0.3) is 0 Å². The second-order valence-electron chi connectivity index (χ2n) is 5.83. The molecule has 0 aliphatic carbocycles. The quantitative estimate of drug-likeness (QED) is 0.905. The standard InChI is InChI=1S/C19H19NO5/c1-24-14-7-3-12(4-8-14)18-16(19(22)23)11-17(21)20(18)13-5-9-15(25-2)10-6-13/h3-10,16,18H,11H2,1-2H3,(H,22,23)/t16-,18-/m0/s1. The Hall–Kier alpha value is -3.02. The number of anilines is 1. The molecule has 2 atom stereocenters. The Labute approximate surface area is 145 Å². The van der Waals surface area contributed by atoms with E-state index in [1.165, 1.54) is 0 Å². The number of ether oxygens (including phenoxy) is 2. The van der Waals surface area contributed by atoms with E-state index in [4.69, 9.17) is 9.47 Å². The van der Waals surface area contributed by atoms with Crippen molar-refractivity contribution in [3.05, 3.63) is 54.1 Å². The molecule has 0 spiro atoms. The summed E-state index contributed by atoms with van der Waals surface area (Å²) in [6.45, 7) is 0.